The average Bonchev–Trinajstić information content (AvgIpc) is 2.74. The topological polar surface area (TPSA) is 105 Å². The second-order valence-corrected chi connectivity index (χ2v) is 6.19. The maximum atomic E-state index is 11.8. The summed E-state index contributed by atoms with van der Waals surface area (Å²) in [6.45, 7) is -0.305. The van der Waals surface area contributed by atoms with E-state index >= 15 is 0 Å². The molecule has 0 amide bonds. The van der Waals surface area contributed by atoms with Crippen LogP contribution in [0.4, 0.5) is 0 Å². The minimum atomic E-state index is -0.812. The Morgan fingerprint density at radius 2 is 2.32 bits per heavy atom. The molecule has 106 valence electrons. The summed E-state index contributed by atoms with van der Waals surface area (Å²) in [4.78, 5) is 25.6. The molecular formula is C11H16N2O5Se. The quantitative estimate of drug-likeness (QED) is 0.577. The number of aliphatic hydroxyl groups is 2. The molecule has 3 atom stereocenters. The van der Waals surface area contributed by atoms with Gasteiger partial charge < -0.3 is 0 Å². The number of aromatic nitrogens is 2. The van der Waals surface area contributed by atoms with Crippen LogP contribution in [0.15, 0.2) is 15.8 Å². The van der Waals surface area contributed by atoms with E-state index in [0.717, 1.165) is 0 Å². The number of nitrogens with one attached hydrogen (secondary N) is 1. The molecule has 0 saturated carbocycles. The first-order chi connectivity index (χ1) is 9.06. The molecule has 2 heterocycles. The van der Waals surface area contributed by atoms with Crippen molar-refractivity contribution in [3.05, 3.63) is 32.6 Å². The Morgan fingerprint density at radius 3 is 2.89 bits per heavy atom. The van der Waals surface area contributed by atoms with Crippen molar-refractivity contribution in [2.24, 2.45) is 0 Å². The molecule has 0 spiro atoms. The SMILES string of the molecule is C[Se]Cc1cn([C@@H]2CC(O)[C@H](CO)O2)c(=O)[nH]c1=O. The number of aliphatic hydroxyl groups excluding tert-OH is 2. The minimum absolute atomic E-state index is 0.216. The van der Waals surface area contributed by atoms with Crippen LogP contribution in [0, 0.1) is 0 Å². The van der Waals surface area contributed by atoms with Crippen LogP contribution in [-0.4, -0.2) is 53.5 Å². The van der Waals surface area contributed by atoms with E-state index in [1.54, 1.807) is 0 Å². The molecule has 1 aliphatic rings. The summed E-state index contributed by atoms with van der Waals surface area (Å²) in [5.74, 6) is 2.00. The van der Waals surface area contributed by atoms with E-state index < -0.39 is 24.1 Å². The Balaban J connectivity index is 2.33. The van der Waals surface area contributed by atoms with Crippen molar-refractivity contribution in [3.63, 3.8) is 0 Å². The number of ether oxygens (including phenoxy) is 1. The molecule has 2 rings (SSSR count). The maximum absolute atomic E-state index is 11.8. The first kappa shape index (κ1) is 14.5. The van der Waals surface area contributed by atoms with Gasteiger partial charge in [-0.15, -0.1) is 0 Å². The van der Waals surface area contributed by atoms with Gasteiger partial charge in [-0.05, 0) is 0 Å². The van der Waals surface area contributed by atoms with Crippen molar-refractivity contribution in [1.29, 1.82) is 0 Å². The summed E-state index contributed by atoms with van der Waals surface area (Å²) < 4.78 is 6.69. The van der Waals surface area contributed by atoms with Crippen LogP contribution >= 0.6 is 0 Å². The summed E-state index contributed by atoms with van der Waals surface area (Å²) in [6.07, 6.45) is -0.452. The van der Waals surface area contributed by atoms with Gasteiger partial charge in [-0.2, -0.15) is 0 Å². The Bertz CT molecular complexity index is 555. The first-order valence-electron chi connectivity index (χ1n) is 5.84. The van der Waals surface area contributed by atoms with Gasteiger partial charge in [0.25, 0.3) is 0 Å². The van der Waals surface area contributed by atoms with Crippen LogP contribution in [0.2, 0.25) is 5.82 Å². The van der Waals surface area contributed by atoms with Crippen LogP contribution in [0.1, 0.15) is 18.2 Å². The second-order valence-electron chi connectivity index (χ2n) is 4.37. The van der Waals surface area contributed by atoms with Crippen LogP contribution < -0.4 is 11.2 Å². The molecule has 3 N–H and O–H groups in total. The van der Waals surface area contributed by atoms with Crippen molar-refractivity contribution in [2.75, 3.05) is 6.61 Å². The van der Waals surface area contributed by atoms with E-state index in [4.69, 9.17) is 9.84 Å². The molecule has 0 aliphatic carbocycles. The van der Waals surface area contributed by atoms with Gasteiger partial charge in [0.2, 0.25) is 0 Å². The Labute approximate surface area is 115 Å². The second kappa shape index (κ2) is 6.02. The summed E-state index contributed by atoms with van der Waals surface area (Å²) in [7, 11) is 0. The number of aromatic amines is 1. The first-order valence-corrected chi connectivity index (χ1v) is 8.77. The molecule has 1 aromatic rings. The van der Waals surface area contributed by atoms with Gasteiger partial charge in [0.15, 0.2) is 0 Å². The van der Waals surface area contributed by atoms with E-state index in [0.29, 0.717) is 10.9 Å². The molecular weight excluding hydrogens is 319 g/mol. The zero-order valence-electron chi connectivity index (χ0n) is 10.4. The molecule has 1 fully saturated rings. The molecule has 1 unspecified atom stereocenters. The average molecular weight is 335 g/mol. The van der Waals surface area contributed by atoms with E-state index in [2.05, 4.69) is 4.98 Å². The molecule has 1 aromatic heterocycles. The molecule has 19 heavy (non-hydrogen) atoms. The van der Waals surface area contributed by atoms with Crippen LogP contribution in [0.3, 0.4) is 0 Å². The fourth-order valence-corrected chi connectivity index (χ4v) is 3.13. The predicted molar refractivity (Wildman–Crippen MR) is 68.3 cm³/mol. The Morgan fingerprint density at radius 1 is 1.58 bits per heavy atom. The number of hydrogen-bond donors (Lipinski definition) is 3. The third-order valence-electron chi connectivity index (χ3n) is 3.04. The van der Waals surface area contributed by atoms with Gasteiger partial charge in [0, 0.05) is 0 Å². The fraction of sp³-hybridized carbons (Fsp3) is 0.636. The standard InChI is InChI=1S/C11H16N2O5Se/c1-19-5-6-3-13(11(17)12-10(6)16)9-2-7(15)8(4-14)18-9/h3,7-9,14-15H,2,4-5H2,1H3,(H,12,16,17)/t7?,8-,9-/m0/s1. The Kier molecular flexibility index (Phi) is 4.59. The van der Waals surface area contributed by atoms with Gasteiger partial charge in [0.1, 0.15) is 0 Å². The van der Waals surface area contributed by atoms with Crippen LogP contribution in [-0.2, 0) is 10.1 Å². The van der Waals surface area contributed by atoms with Crippen molar-refractivity contribution < 1.29 is 14.9 Å². The van der Waals surface area contributed by atoms with E-state index in [-0.39, 0.29) is 33.5 Å². The number of nitrogens with zero attached hydrogens (tertiary/aromatic N) is 1. The zero-order chi connectivity index (χ0) is 14.0. The Hall–Kier alpha value is -0.921. The van der Waals surface area contributed by atoms with E-state index in [9.17, 15) is 14.7 Å². The zero-order valence-corrected chi connectivity index (χ0v) is 12.1. The third-order valence-corrected chi connectivity index (χ3v) is 4.29. The van der Waals surface area contributed by atoms with Crippen molar-refractivity contribution in [2.45, 2.75) is 36.0 Å². The monoisotopic (exact) mass is 336 g/mol. The van der Waals surface area contributed by atoms with Gasteiger partial charge >= 0.3 is 115 Å². The molecule has 0 bridgehead atoms. The summed E-state index contributed by atoms with van der Waals surface area (Å²) in [5, 5.41) is 19.3. The summed E-state index contributed by atoms with van der Waals surface area (Å²) in [5.41, 5.74) is -0.400. The fourth-order valence-electron chi connectivity index (χ4n) is 2.05. The van der Waals surface area contributed by atoms with E-state index in [1.165, 1.54) is 10.8 Å². The van der Waals surface area contributed by atoms with Crippen LogP contribution in [0.25, 0.3) is 0 Å². The normalized spacial score (nSPS) is 26.8. The summed E-state index contributed by atoms with van der Waals surface area (Å²) >= 11 is 0.277. The van der Waals surface area contributed by atoms with Crippen molar-refractivity contribution in [1.82, 2.24) is 9.55 Å². The number of rotatable bonds is 4. The number of H-pyrrole nitrogens is 1. The van der Waals surface area contributed by atoms with Gasteiger partial charge in [-0.3, -0.25) is 0 Å². The van der Waals surface area contributed by atoms with Crippen molar-refractivity contribution >= 4 is 15.0 Å². The summed E-state index contributed by atoms with van der Waals surface area (Å²) in [6, 6.07) is 0. The molecule has 0 aromatic carbocycles. The predicted octanol–water partition coefficient (Wildman–Crippen LogP) is -1.57. The van der Waals surface area contributed by atoms with E-state index in [1.807, 2.05) is 5.82 Å². The van der Waals surface area contributed by atoms with Gasteiger partial charge in [-0.25, -0.2) is 0 Å². The van der Waals surface area contributed by atoms with Crippen molar-refractivity contribution in [3.8, 4) is 0 Å². The molecule has 1 aliphatic heterocycles. The number of hydrogen-bond acceptors (Lipinski definition) is 5. The van der Waals surface area contributed by atoms with Gasteiger partial charge in [0.05, 0.1) is 0 Å². The van der Waals surface area contributed by atoms with Gasteiger partial charge in [-0.1, -0.05) is 0 Å². The third kappa shape index (κ3) is 2.98. The molecule has 1 saturated heterocycles. The molecule has 0 radical (unpaired) electrons. The molecule has 7 nitrogen and oxygen atoms in total. The van der Waals surface area contributed by atoms with Crippen LogP contribution in [0.5, 0.6) is 0 Å². The molecule has 8 heteroatoms.